The van der Waals surface area contributed by atoms with E-state index in [-0.39, 0.29) is 17.2 Å². The van der Waals surface area contributed by atoms with Crippen molar-refractivity contribution in [2.75, 3.05) is 18.5 Å². The van der Waals surface area contributed by atoms with Gasteiger partial charge in [0.2, 0.25) is 0 Å². The molecule has 1 aromatic heterocycles. The molecule has 1 saturated heterocycles. The van der Waals surface area contributed by atoms with Crippen LogP contribution in [-0.4, -0.2) is 52.9 Å². The molecule has 8 heteroatoms. The van der Waals surface area contributed by atoms with Gasteiger partial charge in [-0.05, 0) is 13.8 Å². The van der Waals surface area contributed by atoms with E-state index in [0.717, 1.165) is 0 Å². The van der Waals surface area contributed by atoms with Crippen LogP contribution >= 0.6 is 15.9 Å². The maximum absolute atomic E-state index is 12.6. The van der Waals surface area contributed by atoms with Crippen molar-refractivity contribution in [1.29, 1.82) is 0 Å². The fourth-order valence-corrected chi connectivity index (χ4v) is 4.06. The van der Waals surface area contributed by atoms with Crippen LogP contribution in [0.2, 0.25) is 0 Å². The summed E-state index contributed by atoms with van der Waals surface area (Å²) in [7, 11) is -1.77. The first-order chi connectivity index (χ1) is 8.86. The van der Waals surface area contributed by atoms with Gasteiger partial charge in [0.1, 0.15) is 5.82 Å². The zero-order chi connectivity index (χ0) is 14.2. The molecule has 0 amide bonds. The first-order valence-corrected chi connectivity index (χ1v) is 8.61. The largest absolute Gasteiger partial charge is 0.374 e. The molecule has 19 heavy (non-hydrogen) atoms. The molecule has 1 aliphatic heterocycles. The third-order valence-corrected chi connectivity index (χ3v) is 5.85. The summed E-state index contributed by atoms with van der Waals surface area (Å²) in [6.07, 6.45) is 1.44. The summed E-state index contributed by atoms with van der Waals surface area (Å²) in [6.45, 7) is 4.38. The highest BCUT2D eigenvalue weighted by Gasteiger charge is 2.36. The third kappa shape index (κ3) is 2.86. The quantitative estimate of drug-likeness (QED) is 0.759. The number of morpholine rings is 1. The Kier molecular flexibility index (Phi) is 4.34. The Morgan fingerprint density at radius 3 is 2.79 bits per heavy atom. The molecule has 0 aliphatic carbocycles. The molecule has 2 heterocycles. The molecule has 0 saturated carbocycles. The second-order valence-corrected chi connectivity index (χ2v) is 7.26. The van der Waals surface area contributed by atoms with Crippen LogP contribution in [0.3, 0.4) is 0 Å². The van der Waals surface area contributed by atoms with E-state index in [1.54, 1.807) is 24.7 Å². The van der Waals surface area contributed by atoms with E-state index in [1.165, 1.54) is 4.31 Å². The van der Waals surface area contributed by atoms with Crippen molar-refractivity contribution < 1.29 is 13.2 Å². The maximum Gasteiger partial charge on any atom is 0.262 e. The summed E-state index contributed by atoms with van der Waals surface area (Å²) < 4.78 is 33.9. The lowest BCUT2D eigenvalue weighted by Crippen LogP contribution is -2.51. The number of sulfonamides is 1. The smallest absolute Gasteiger partial charge is 0.262 e. The van der Waals surface area contributed by atoms with Gasteiger partial charge in [0, 0.05) is 31.2 Å². The summed E-state index contributed by atoms with van der Waals surface area (Å²) in [5, 5.41) is 0.724. The number of aromatic nitrogens is 2. The lowest BCUT2D eigenvalue weighted by molar-refractivity contribution is -0.0140. The van der Waals surface area contributed by atoms with Gasteiger partial charge in [0.25, 0.3) is 10.0 Å². The summed E-state index contributed by atoms with van der Waals surface area (Å²) in [4.78, 5) is 4.12. The van der Waals surface area contributed by atoms with E-state index < -0.39 is 10.0 Å². The molecular weight excluding hydrogens is 334 g/mol. The first-order valence-electron chi connectivity index (χ1n) is 6.05. The van der Waals surface area contributed by atoms with Crippen molar-refractivity contribution in [1.82, 2.24) is 13.9 Å². The minimum atomic E-state index is -3.56. The number of halogens is 1. The van der Waals surface area contributed by atoms with Gasteiger partial charge in [-0.15, -0.1) is 0 Å². The highest BCUT2D eigenvalue weighted by atomic mass is 79.9. The molecule has 2 unspecified atom stereocenters. The van der Waals surface area contributed by atoms with Gasteiger partial charge in [-0.3, -0.25) is 0 Å². The lowest BCUT2D eigenvalue weighted by atomic mass is 10.2. The van der Waals surface area contributed by atoms with Gasteiger partial charge in [0.05, 0.1) is 12.7 Å². The number of imidazole rings is 1. The fourth-order valence-electron chi connectivity index (χ4n) is 1.99. The first kappa shape index (κ1) is 15.0. The van der Waals surface area contributed by atoms with Crippen molar-refractivity contribution in [3.63, 3.8) is 0 Å². The predicted molar refractivity (Wildman–Crippen MR) is 74.8 cm³/mol. The van der Waals surface area contributed by atoms with Crippen molar-refractivity contribution in [3.8, 4) is 0 Å². The molecule has 0 spiro atoms. The summed E-state index contributed by atoms with van der Waals surface area (Å²) in [5.41, 5.74) is 0. The molecule has 108 valence electrons. The van der Waals surface area contributed by atoms with Gasteiger partial charge in [0.15, 0.2) is 5.03 Å². The molecule has 1 fully saturated rings. The number of nitrogens with zero attached hydrogens (tertiary/aromatic N) is 3. The highest BCUT2D eigenvalue weighted by Crippen LogP contribution is 2.22. The van der Waals surface area contributed by atoms with Crippen LogP contribution in [0.1, 0.15) is 12.7 Å². The average molecular weight is 352 g/mol. The second kappa shape index (κ2) is 5.51. The number of hydrogen-bond donors (Lipinski definition) is 0. The van der Waals surface area contributed by atoms with Gasteiger partial charge >= 0.3 is 0 Å². The predicted octanol–water partition coefficient (Wildman–Crippen LogP) is 0.901. The lowest BCUT2D eigenvalue weighted by Gasteiger charge is -2.35. The molecule has 2 atom stereocenters. The standard InChI is InChI=1S/C11H18BrN3O3S/c1-8-7-18-10(4-12)5-15(8)19(16,17)11-6-14(3)9(2)13-11/h6,8,10H,4-5,7H2,1-3H3. The molecule has 0 radical (unpaired) electrons. The van der Waals surface area contributed by atoms with Crippen LogP contribution < -0.4 is 0 Å². The Labute approximate surface area is 121 Å². The number of hydrogen-bond acceptors (Lipinski definition) is 4. The van der Waals surface area contributed by atoms with Crippen molar-refractivity contribution in [2.24, 2.45) is 7.05 Å². The molecule has 2 rings (SSSR count). The summed E-state index contributed by atoms with van der Waals surface area (Å²) >= 11 is 3.33. The van der Waals surface area contributed by atoms with E-state index in [2.05, 4.69) is 20.9 Å². The third-order valence-electron chi connectivity index (χ3n) is 3.28. The molecule has 1 aromatic rings. The molecule has 0 bridgehead atoms. The van der Waals surface area contributed by atoms with Crippen LogP contribution in [0, 0.1) is 6.92 Å². The minimum Gasteiger partial charge on any atom is -0.374 e. The molecule has 1 aliphatic rings. The van der Waals surface area contributed by atoms with Gasteiger partial charge < -0.3 is 9.30 Å². The normalized spacial score (nSPS) is 25.7. The molecule has 0 N–H and O–H groups in total. The van der Waals surface area contributed by atoms with E-state index in [4.69, 9.17) is 4.74 Å². The van der Waals surface area contributed by atoms with E-state index >= 15 is 0 Å². The maximum atomic E-state index is 12.6. The van der Waals surface area contributed by atoms with E-state index in [9.17, 15) is 8.42 Å². The van der Waals surface area contributed by atoms with Crippen molar-refractivity contribution >= 4 is 26.0 Å². The SMILES string of the molecule is Cc1nc(S(=O)(=O)N2CC(CBr)OCC2C)cn1C. The number of rotatable bonds is 3. The number of aryl methyl sites for hydroxylation is 2. The number of alkyl halides is 1. The van der Waals surface area contributed by atoms with Gasteiger partial charge in [-0.1, -0.05) is 15.9 Å². The second-order valence-electron chi connectivity index (χ2n) is 4.77. The van der Waals surface area contributed by atoms with Gasteiger partial charge in [-0.2, -0.15) is 4.31 Å². The topological polar surface area (TPSA) is 64.4 Å². The van der Waals surface area contributed by atoms with Crippen LogP contribution in [-0.2, 0) is 21.8 Å². The average Bonchev–Trinajstić information content (AvgIpc) is 2.71. The Balaban J connectivity index is 2.32. The van der Waals surface area contributed by atoms with Crippen LogP contribution in [0.4, 0.5) is 0 Å². The number of ether oxygens (including phenoxy) is 1. The molecular formula is C11H18BrN3O3S. The molecule has 6 nitrogen and oxygen atoms in total. The zero-order valence-electron chi connectivity index (χ0n) is 11.2. The van der Waals surface area contributed by atoms with Crippen LogP contribution in [0.5, 0.6) is 0 Å². The monoisotopic (exact) mass is 351 g/mol. The van der Waals surface area contributed by atoms with E-state index in [0.29, 0.717) is 24.3 Å². The highest BCUT2D eigenvalue weighted by molar-refractivity contribution is 9.09. The van der Waals surface area contributed by atoms with Crippen LogP contribution in [0.25, 0.3) is 0 Å². The van der Waals surface area contributed by atoms with Gasteiger partial charge in [-0.25, -0.2) is 13.4 Å². The Morgan fingerprint density at radius 1 is 1.58 bits per heavy atom. The Morgan fingerprint density at radius 2 is 2.26 bits per heavy atom. The Hall–Kier alpha value is -0.440. The van der Waals surface area contributed by atoms with Crippen molar-refractivity contribution in [2.45, 2.75) is 31.0 Å². The summed E-state index contributed by atoms with van der Waals surface area (Å²) in [5.74, 6) is 0.677. The van der Waals surface area contributed by atoms with E-state index in [1.807, 2.05) is 6.92 Å². The fraction of sp³-hybridized carbons (Fsp3) is 0.727. The molecule has 0 aromatic carbocycles. The zero-order valence-corrected chi connectivity index (χ0v) is 13.6. The van der Waals surface area contributed by atoms with Crippen molar-refractivity contribution in [3.05, 3.63) is 12.0 Å². The Bertz CT molecular complexity index is 538. The summed E-state index contributed by atoms with van der Waals surface area (Å²) in [6, 6.07) is -0.178. The van der Waals surface area contributed by atoms with Crippen LogP contribution in [0.15, 0.2) is 11.2 Å². The minimum absolute atomic E-state index is 0.106.